The van der Waals surface area contributed by atoms with Crippen molar-refractivity contribution in [3.05, 3.63) is 54.3 Å². The van der Waals surface area contributed by atoms with Crippen molar-refractivity contribution in [3.63, 3.8) is 0 Å². The van der Waals surface area contributed by atoms with E-state index < -0.39 is 0 Å². The molecule has 0 saturated carbocycles. The van der Waals surface area contributed by atoms with Crippen LogP contribution in [-0.2, 0) is 0 Å². The van der Waals surface area contributed by atoms with E-state index in [0.717, 1.165) is 16.0 Å². The molecule has 0 spiro atoms. The van der Waals surface area contributed by atoms with Gasteiger partial charge in [0.1, 0.15) is 17.0 Å². The molecule has 0 amide bonds. The van der Waals surface area contributed by atoms with Crippen LogP contribution in [-0.4, -0.2) is 25.1 Å². The Morgan fingerprint density at radius 3 is 2.84 bits per heavy atom. The second kappa shape index (κ2) is 5.60. The van der Waals surface area contributed by atoms with Gasteiger partial charge in [0.15, 0.2) is 10.8 Å². The number of furan rings is 1. The lowest BCUT2D eigenvalue weighted by molar-refractivity contribution is 0.431. The van der Waals surface area contributed by atoms with Gasteiger partial charge >= 0.3 is 0 Å². The second-order valence-corrected chi connectivity index (χ2v) is 6.06. The molecular weight excluding hydrogens is 338 g/mol. The summed E-state index contributed by atoms with van der Waals surface area (Å²) < 4.78 is 11.1. The molecule has 0 N–H and O–H groups in total. The maximum absolute atomic E-state index is 5.84. The molecule has 0 radical (unpaired) electrons. The van der Waals surface area contributed by atoms with Gasteiger partial charge in [0.2, 0.25) is 5.82 Å². The number of benzene rings is 1. The number of para-hydroxylation sites is 1. The Bertz CT molecular complexity index is 1130. The first-order valence-electron chi connectivity index (χ1n) is 7.42. The van der Waals surface area contributed by atoms with Crippen LogP contribution in [0.25, 0.3) is 44.8 Å². The largest absolute Gasteiger partial charge is 0.454 e. The minimum Gasteiger partial charge on any atom is -0.454 e. The molecule has 4 heterocycles. The van der Waals surface area contributed by atoms with Crippen LogP contribution < -0.4 is 0 Å². The lowest BCUT2D eigenvalue weighted by Crippen LogP contribution is -1.86. The number of nitrogens with zero attached hydrogens (tertiary/aromatic N) is 5. The summed E-state index contributed by atoms with van der Waals surface area (Å²) in [6.07, 6.45) is 4.74. The van der Waals surface area contributed by atoms with Gasteiger partial charge < -0.3 is 8.94 Å². The molecule has 5 aromatic rings. The Morgan fingerprint density at radius 1 is 1.00 bits per heavy atom. The molecular formula is C17H9N5O2S. The normalized spacial score (nSPS) is 11.2. The average molecular weight is 347 g/mol. The third kappa shape index (κ3) is 2.48. The number of hydrogen-bond donors (Lipinski definition) is 0. The van der Waals surface area contributed by atoms with E-state index in [4.69, 9.17) is 8.94 Å². The van der Waals surface area contributed by atoms with Crippen LogP contribution in [0.1, 0.15) is 0 Å². The van der Waals surface area contributed by atoms with Crippen LogP contribution in [0.3, 0.4) is 0 Å². The molecule has 4 aromatic heterocycles. The van der Waals surface area contributed by atoms with Gasteiger partial charge in [0.25, 0.3) is 5.89 Å². The highest BCUT2D eigenvalue weighted by Crippen LogP contribution is 2.32. The van der Waals surface area contributed by atoms with E-state index >= 15 is 0 Å². The molecule has 1 aromatic carbocycles. The summed E-state index contributed by atoms with van der Waals surface area (Å²) >= 11 is 1.46. The first-order valence-corrected chi connectivity index (χ1v) is 8.30. The summed E-state index contributed by atoms with van der Waals surface area (Å²) in [5, 5.41) is 7.58. The molecule has 25 heavy (non-hydrogen) atoms. The molecule has 0 aliphatic carbocycles. The van der Waals surface area contributed by atoms with Gasteiger partial charge in [0, 0.05) is 23.2 Å². The number of rotatable bonds is 3. The highest BCUT2D eigenvalue weighted by molar-refractivity contribution is 7.13. The predicted molar refractivity (Wildman–Crippen MR) is 91.6 cm³/mol. The van der Waals surface area contributed by atoms with Crippen molar-refractivity contribution in [2.45, 2.75) is 0 Å². The fourth-order valence-electron chi connectivity index (χ4n) is 2.42. The van der Waals surface area contributed by atoms with Gasteiger partial charge in [-0.3, -0.25) is 4.98 Å². The standard InChI is InChI=1S/C17H9N5O2S/c1-2-4-13-10(3-1)7-14(23-13)17-20-12(9-25-17)16-21-15(22-24-16)11-8-18-5-6-19-11/h1-9H. The third-order valence-electron chi connectivity index (χ3n) is 3.58. The third-order valence-corrected chi connectivity index (χ3v) is 4.43. The molecule has 120 valence electrons. The molecule has 7 nitrogen and oxygen atoms in total. The molecule has 0 bridgehead atoms. The number of aromatic nitrogens is 5. The van der Waals surface area contributed by atoms with Gasteiger partial charge in [-0.15, -0.1) is 11.3 Å². The van der Waals surface area contributed by atoms with Crippen molar-refractivity contribution < 1.29 is 8.94 Å². The SMILES string of the molecule is c1ccc2oc(-c3nc(-c4nc(-c5cnccn5)no4)cs3)cc2c1. The van der Waals surface area contributed by atoms with Crippen LogP contribution in [0.4, 0.5) is 0 Å². The van der Waals surface area contributed by atoms with Gasteiger partial charge in [-0.1, -0.05) is 23.4 Å². The van der Waals surface area contributed by atoms with Crippen LogP contribution in [0, 0.1) is 0 Å². The van der Waals surface area contributed by atoms with Crippen molar-refractivity contribution in [2.75, 3.05) is 0 Å². The van der Waals surface area contributed by atoms with Gasteiger partial charge in [-0.05, 0) is 12.1 Å². The van der Waals surface area contributed by atoms with E-state index in [1.54, 1.807) is 18.6 Å². The minimum absolute atomic E-state index is 0.333. The molecule has 0 atom stereocenters. The fraction of sp³-hybridized carbons (Fsp3) is 0. The van der Waals surface area contributed by atoms with E-state index in [1.807, 2.05) is 35.7 Å². The summed E-state index contributed by atoms with van der Waals surface area (Å²) in [5.41, 5.74) is 1.98. The summed E-state index contributed by atoms with van der Waals surface area (Å²) in [7, 11) is 0. The van der Waals surface area contributed by atoms with Crippen LogP contribution in [0.5, 0.6) is 0 Å². The Kier molecular flexibility index (Phi) is 3.14. The summed E-state index contributed by atoms with van der Waals surface area (Å²) in [6, 6.07) is 9.81. The lowest BCUT2D eigenvalue weighted by atomic mass is 10.2. The van der Waals surface area contributed by atoms with Crippen molar-refractivity contribution in [1.29, 1.82) is 0 Å². The smallest absolute Gasteiger partial charge is 0.277 e. The Labute approximate surface area is 145 Å². The number of thiazole rings is 1. The summed E-state index contributed by atoms with van der Waals surface area (Å²) in [5.74, 6) is 1.42. The Hall–Kier alpha value is -3.39. The van der Waals surface area contributed by atoms with Gasteiger partial charge in [0.05, 0.1) is 6.20 Å². The topological polar surface area (TPSA) is 90.7 Å². The van der Waals surface area contributed by atoms with E-state index in [2.05, 4.69) is 25.1 Å². The monoisotopic (exact) mass is 347 g/mol. The number of hydrogen-bond acceptors (Lipinski definition) is 8. The average Bonchev–Trinajstić information content (AvgIpc) is 3.39. The van der Waals surface area contributed by atoms with Crippen molar-refractivity contribution in [3.8, 4) is 33.9 Å². The highest BCUT2D eigenvalue weighted by atomic mass is 32.1. The van der Waals surface area contributed by atoms with Crippen molar-refractivity contribution in [2.24, 2.45) is 0 Å². The van der Waals surface area contributed by atoms with Crippen LogP contribution in [0.15, 0.2) is 63.2 Å². The predicted octanol–water partition coefficient (Wildman–Crippen LogP) is 4.06. The first kappa shape index (κ1) is 14.0. The van der Waals surface area contributed by atoms with Gasteiger partial charge in [-0.2, -0.15) is 4.98 Å². The lowest BCUT2D eigenvalue weighted by Gasteiger charge is -1.89. The van der Waals surface area contributed by atoms with E-state index in [1.165, 1.54) is 11.3 Å². The summed E-state index contributed by atoms with van der Waals surface area (Å²) in [4.78, 5) is 17.0. The van der Waals surface area contributed by atoms with E-state index in [9.17, 15) is 0 Å². The van der Waals surface area contributed by atoms with E-state index in [-0.39, 0.29) is 0 Å². The highest BCUT2D eigenvalue weighted by Gasteiger charge is 2.16. The quantitative estimate of drug-likeness (QED) is 0.486. The zero-order chi connectivity index (χ0) is 16.6. The van der Waals surface area contributed by atoms with Crippen LogP contribution >= 0.6 is 11.3 Å². The number of fused-ring (bicyclic) bond motifs is 1. The Morgan fingerprint density at radius 2 is 1.96 bits per heavy atom. The second-order valence-electron chi connectivity index (χ2n) is 5.20. The van der Waals surface area contributed by atoms with E-state index in [0.29, 0.717) is 28.9 Å². The van der Waals surface area contributed by atoms with Crippen molar-refractivity contribution >= 4 is 22.3 Å². The zero-order valence-electron chi connectivity index (χ0n) is 12.7. The molecule has 0 aliphatic heterocycles. The Balaban J connectivity index is 1.49. The fourth-order valence-corrected chi connectivity index (χ4v) is 3.16. The van der Waals surface area contributed by atoms with Crippen LogP contribution in [0.2, 0.25) is 0 Å². The molecule has 0 unspecified atom stereocenters. The summed E-state index contributed by atoms with van der Waals surface area (Å²) in [6.45, 7) is 0. The molecule has 0 fully saturated rings. The van der Waals surface area contributed by atoms with Crippen molar-refractivity contribution in [1.82, 2.24) is 25.1 Å². The molecule has 5 rings (SSSR count). The minimum atomic E-state index is 0.333. The first-order chi connectivity index (χ1) is 12.4. The maximum Gasteiger partial charge on any atom is 0.277 e. The molecule has 0 aliphatic rings. The molecule has 8 heteroatoms. The molecule has 0 saturated heterocycles. The van der Waals surface area contributed by atoms with Gasteiger partial charge in [-0.25, -0.2) is 9.97 Å². The maximum atomic E-state index is 5.84. The zero-order valence-corrected chi connectivity index (χ0v) is 13.5.